The molecule has 1 unspecified atom stereocenters. The first-order valence-electron chi connectivity index (χ1n) is 4.81. The van der Waals surface area contributed by atoms with Crippen molar-refractivity contribution in [2.24, 2.45) is 0 Å². The minimum absolute atomic E-state index is 0.128. The van der Waals surface area contributed by atoms with Gasteiger partial charge < -0.3 is 15.2 Å². The molecule has 0 aliphatic heterocycles. The third-order valence-electron chi connectivity index (χ3n) is 2.17. The van der Waals surface area contributed by atoms with Crippen molar-refractivity contribution in [1.29, 1.82) is 0 Å². The van der Waals surface area contributed by atoms with Crippen LogP contribution in [0, 0.1) is 0 Å². The summed E-state index contributed by atoms with van der Waals surface area (Å²) in [6.45, 7) is 2.19. The highest BCUT2D eigenvalue weighted by molar-refractivity contribution is 5.47. The van der Waals surface area contributed by atoms with E-state index in [9.17, 15) is 0 Å². The van der Waals surface area contributed by atoms with Crippen LogP contribution >= 0.6 is 0 Å². The zero-order chi connectivity index (χ0) is 10.4. The summed E-state index contributed by atoms with van der Waals surface area (Å²) in [4.78, 5) is 0. The predicted molar refractivity (Wildman–Crippen MR) is 57.8 cm³/mol. The minimum Gasteiger partial charge on any atom is -0.497 e. The monoisotopic (exact) mass is 195 g/mol. The highest BCUT2D eigenvalue weighted by Gasteiger charge is 2.03. The van der Waals surface area contributed by atoms with Crippen molar-refractivity contribution in [3.63, 3.8) is 0 Å². The molecule has 0 radical (unpaired) electrons. The Bertz CT molecular complexity index is 254. The molecule has 1 aromatic rings. The Balaban J connectivity index is 2.58. The summed E-state index contributed by atoms with van der Waals surface area (Å²) in [5, 5.41) is 12.2. The number of benzene rings is 1. The molecule has 0 spiro atoms. The van der Waals surface area contributed by atoms with Gasteiger partial charge in [-0.25, -0.2) is 0 Å². The highest BCUT2D eigenvalue weighted by atomic mass is 16.5. The zero-order valence-electron chi connectivity index (χ0n) is 8.66. The second kappa shape index (κ2) is 5.50. The summed E-state index contributed by atoms with van der Waals surface area (Å²) >= 11 is 0. The second-order valence-electron chi connectivity index (χ2n) is 3.16. The Morgan fingerprint density at radius 3 is 2.43 bits per heavy atom. The van der Waals surface area contributed by atoms with E-state index in [0.717, 1.165) is 17.9 Å². The van der Waals surface area contributed by atoms with E-state index < -0.39 is 0 Å². The van der Waals surface area contributed by atoms with E-state index in [0.29, 0.717) is 0 Å². The fourth-order valence-electron chi connectivity index (χ4n) is 1.20. The lowest BCUT2D eigenvalue weighted by atomic mass is 10.2. The molecule has 0 fully saturated rings. The smallest absolute Gasteiger partial charge is 0.119 e. The Morgan fingerprint density at radius 1 is 1.36 bits per heavy atom. The number of methoxy groups -OCH3 is 1. The third kappa shape index (κ3) is 2.92. The molecule has 0 aromatic heterocycles. The lowest BCUT2D eigenvalue weighted by Crippen LogP contribution is -2.22. The molecule has 2 N–H and O–H groups in total. The van der Waals surface area contributed by atoms with E-state index in [1.807, 2.05) is 31.2 Å². The molecule has 78 valence electrons. The van der Waals surface area contributed by atoms with Crippen LogP contribution in [-0.4, -0.2) is 24.9 Å². The van der Waals surface area contributed by atoms with Gasteiger partial charge in [0.05, 0.1) is 13.7 Å². The fraction of sp³-hybridized carbons (Fsp3) is 0.455. The van der Waals surface area contributed by atoms with Gasteiger partial charge in [-0.1, -0.05) is 6.92 Å². The van der Waals surface area contributed by atoms with Crippen LogP contribution in [-0.2, 0) is 0 Å². The summed E-state index contributed by atoms with van der Waals surface area (Å²) in [6.07, 6.45) is 0.905. The summed E-state index contributed by atoms with van der Waals surface area (Å²) in [7, 11) is 1.64. The van der Waals surface area contributed by atoms with Crippen molar-refractivity contribution in [1.82, 2.24) is 0 Å². The fourth-order valence-corrected chi connectivity index (χ4v) is 1.20. The van der Waals surface area contributed by atoms with E-state index >= 15 is 0 Å². The van der Waals surface area contributed by atoms with Gasteiger partial charge in [-0.15, -0.1) is 0 Å². The highest BCUT2D eigenvalue weighted by Crippen LogP contribution is 2.16. The Kier molecular flexibility index (Phi) is 4.26. The summed E-state index contributed by atoms with van der Waals surface area (Å²) < 4.78 is 5.05. The molecule has 0 saturated heterocycles. The number of hydrogen-bond acceptors (Lipinski definition) is 3. The van der Waals surface area contributed by atoms with E-state index in [1.54, 1.807) is 7.11 Å². The molecule has 14 heavy (non-hydrogen) atoms. The van der Waals surface area contributed by atoms with Crippen molar-refractivity contribution in [3.8, 4) is 5.75 Å². The lowest BCUT2D eigenvalue weighted by molar-refractivity contribution is 0.272. The molecule has 3 nitrogen and oxygen atoms in total. The van der Waals surface area contributed by atoms with E-state index in [2.05, 4.69) is 5.32 Å². The number of rotatable bonds is 5. The molecule has 1 atom stereocenters. The number of aliphatic hydroxyl groups excluding tert-OH is 1. The van der Waals surface area contributed by atoms with Gasteiger partial charge in [-0.2, -0.15) is 0 Å². The van der Waals surface area contributed by atoms with Crippen LogP contribution in [0.5, 0.6) is 5.75 Å². The Labute approximate surface area is 84.7 Å². The first kappa shape index (κ1) is 10.9. The van der Waals surface area contributed by atoms with Crippen molar-refractivity contribution in [2.75, 3.05) is 19.0 Å². The maximum atomic E-state index is 9.00. The zero-order valence-corrected chi connectivity index (χ0v) is 8.66. The molecular weight excluding hydrogens is 178 g/mol. The van der Waals surface area contributed by atoms with Crippen LogP contribution in [0.15, 0.2) is 24.3 Å². The second-order valence-corrected chi connectivity index (χ2v) is 3.16. The van der Waals surface area contributed by atoms with Gasteiger partial charge in [0.2, 0.25) is 0 Å². The number of anilines is 1. The van der Waals surface area contributed by atoms with E-state index in [4.69, 9.17) is 9.84 Å². The molecule has 3 heteroatoms. The lowest BCUT2D eigenvalue weighted by Gasteiger charge is -2.15. The van der Waals surface area contributed by atoms with Gasteiger partial charge >= 0.3 is 0 Å². The number of ether oxygens (including phenoxy) is 1. The first-order valence-corrected chi connectivity index (χ1v) is 4.81. The topological polar surface area (TPSA) is 41.5 Å². The van der Waals surface area contributed by atoms with Gasteiger partial charge in [-0.3, -0.25) is 0 Å². The predicted octanol–water partition coefficient (Wildman–Crippen LogP) is 1.88. The van der Waals surface area contributed by atoms with E-state index in [1.165, 1.54) is 0 Å². The van der Waals surface area contributed by atoms with Crippen LogP contribution in [0.4, 0.5) is 5.69 Å². The van der Waals surface area contributed by atoms with Crippen LogP contribution in [0.2, 0.25) is 0 Å². The molecule has 0 saturated carbocycles. The standard InChI is InChI=1S/C11H17NO2/c1-3-9(8-13)12-10-4-6-11(14-2)7-5-10/h4-7,9,12-13H,3,8H2,1-2H3. The molecule has 0 aliphatic rings. The van der Waals surface area contributed by atoms with Gasteiger partial charge in [-0.05, 0) is 30.7 Å². The molecule has 1 aromatic carbocycles. The third-order valence-corrected chi connectivity index (χ3v) is 2.17. The average molecular weight is 195 g/mol. The van der Waals surface area contributed by atoms with Gasteiger partial charge in [0, 0.05) is 11.7 Å². The van der Waals surface area contributed by atoms with E-state index in [-0.39, 0.29) is 12.6 Å². The van der Waals surface area contributed by atoms with Crippen LogP contribution in [0.3, 0.4) is 0 Å². The molecular formula is C11H17NO2. The van der Waals surface area contributed by atoms with Gasteiger partial charge in [0.1, 0.15) is 5.75 Å². The molecule has 0 amide bonds. The summed E-state index contributed by atoms with van der Waals surface area (Å²) in [5.41, 5.74) is 1.01. The number of hydrogen-bond donors (Lipinski definition) is 2. The Morgan fingerprint density at radius 2 is 2.00 bits per heavy atom. The van der Waals surface area contributed by atoms with Gasteiger partial charge in [0.15, 0.2) is 0 Å². The van der Waals surface area contributed by atoms with Crippen molar-refractivity contribution >= 4 is 5.69 Å². The van der Waals surface area contributed by atoms with Crippen molar-refractivity contribution in [2.45, 2.75) is 19.4 Å². The molecule has 0 aliphatic carbocycles. The maximum Gasteiger partial charge on any atom is 0.119 e. The summed E-state index contributed by atoms with van der Waals surface area (Å²) in [5.74, 6) is 0.840. The average Bonchev–Trinajstić information content (AvgIpc) is 2.26. The number of nitrogens with one attached hydrogen (secondary N) is 1. The first-order chi connectivity index (χ1) is 6.80. The van der Waals surface area contributed by atoms with Gasteiger partial charge in [0.25, 0.3) is 0 Å². The Hall–Kier alpha value is -1.22. The van der Waals surface area contributed by atoms with Crippen molar-refractivity contribution in [3.05, 3.63) is 24.3 Å². The quantitative estimate of drug-likeness (QED) is 0.753. The molecule has 1 rings (SSSR count). The largest absolute Gasteiger partial charge is 0.497 e. The molecule has 0 heterocycles. The minimum atomic E-state index is 0.128. The maximum absolute atomic E-state index is 9.00. The summed E-state index contributed by atoms with van der Waals surface area (Å²) in [6, 6.07) is 7.80. The SMILES string of the molecule is CCC(CO)Nc1ccc(OC)cc1. The van der Waals surface area contributed by atoms with Crippen molar-refractivity contribution < 1.29 is 9.84 Å². The number of aliphatic hydroxyl groups is 1. The van der Waals surface area contributed by atoms with Crippen LogP contribution < -0.4 is 10.1 Å². The normalized spacial score (nSPS) is 12.2. The van der Waals surface area contributed by atoms with Crippen LogP contribution in [0.1, 0.15) is 13.3 Å². The molecule has 0 bridgehead atoms. The van der Waals surface area contributed by atoms with Crippen LogP contribution in [0.25, 0.3) is 0 Å².